The highest BCUT2D eigenvalue weighted by Crippen LogP contribution is 2.32. The number of aliphatic hydroxyl groups excluding tert-OH is 1. The van der Waals surface area contributed by atoms with Crippen LogP contribution < -0.4 is 5.32 Å². The summed E-state index contributed by atoms with van der Waals surface area (Å²) in [6.45, 7) is 8.18. The number of carbonyl (C=O) groups is 1. The number of aliphatic hydroxyl groups is 1. The first-order chi connectivity index (χ1) is 19.9. The van der Waals surface area contributed by atoms with Crippen LogP contribution in [-0.4, -0.2) is 41.7 Å². The van der Waals surface area contributed by atoms with E-state index in [1.807, 2.05) is 13.8 Å². The monoisotopic (exact) mass is 582 g/mol. The maximum absolute atomic E-state index is 12.6. The minimum absolute atomic E-state index is 0.0162. The lowest BCUT2D eigenvalue weighted by molar-refractivity contribution is -0.151. The fourth-order valence-electron chi connectivity index (χ4n) is 6.25. The van der Waals surface area contributed by atoms with Crippen LogP contribution >= 0.6 is 0 Å². The van der Waals surface area contributed by atoms with Gasteiger partial charge in [0.1, 0.15) is 6.10 Å². The summed E-state index contributed by atoms with van der Waals surface area (Å²) in [5.74, 6) is -0.658. The number of amides is 1. The van der Waals surface area contributed by atoms with Crippen LogP contribution in [0.3, 0.4) is 0 Å². The zero-order chi connectivity index (χ0) is 30.0. The molecule has 1 heterocycles. The Morgan fingerprint density at radius 2 is 1.02 bits per heavy atom. The van der Waals surface area contributed by atoms with E-state index in [0.717, 1.165) is 38.5 Å². The average Bonchev–Trinajstić information content (AvgIpc) is 3.26. The Kier molecular flexibility index (Phi) is 24.2. The molecule has 0 saturated carbocycles. The minimum Gasteiger partial charge on any atom is -0.394 e. The highest BCUT2D eigenvalue weighted by atomic mass is 16.8. The van der Waals surface area contributed by atoms with Gasteiger partial charge < -0.3 is 19.9 Å². The van der Waals surface area contributed by atoms with E-state index >= 15 is 0 Å². The van der Waals surface area contributed by atoms with Gasteiger partial charge in [0, 0.05) is 6.42 Å². The lowest BCUT2D eigenvalue weighted by Crippen LogP contribution is -2.49. The third-order valence-corrected chi connectivity index (χ3v) is 8.76. The maximum Gasteiger partial charge on any atom is 0.220 e. The lowest BCUT2D eigenvalue weighted by atomic mass is 10.00. The van der Waals surface area contributed by atoms with Crippen molar-refractivity contribution >= 4 is 5.91 Å². The molecule has 1 fully saturated rings. The predicted molar refractivity (Wildman–Crippen MR) is 174 cm³/mol. The molecule has 0 unspecified atom stereocenters. The zero-order valence-electron chi connectivity index (χ0n) is 28.0. The van der Waals surface area contributed by atoms with Gasteiger partial charge in [-0.1, -0.05) is 162 Å². The van der Waals surface area contributed by atoms with Crippen LogP contribution in [0.1, 0.15) is 195 Å². The van der Waals surface area contributed by atoms with E-state index in [4.69, 9.17) is 9.47 Å². The fraction of sp³-hybridized carbons (Fsp3) is 0.972. The number of carbonyl (C=O) groups excluding carboxylic acids is 1. The van der Waals surface area contributed by atoms with Crippen molar-refractivity contribution in [2.24, 2.45) is 0 Å². The minimum atomic E-state index is -0.674. The van der Waals surface area contributed by atoms with Crippen LogP contribution in [0.25, 0.3) is 0 Å². The van der Waals surface area contributed by atoms with E-state index in [-0.39, 0.29) is 24.7 Å². The highest BCUT2D eigenvalue weighted by Gasteiger charge is 2.44. The van der Waals surface area contributed by atoms with Gasteiger partial charge in [0.2, 0.25) is 5.91 Å². The number of nitrogens with one attached hydrogen (secondary N) is 1. The summed E-state index contributed by atoms with van der Waals surface area (Å²) in [5.41, 5.74) is 0. The first-order valence-electron chi connectivity index (χ1n) is 18.2. The van der Waals surface area contributed by atoms with Gasteiger partial charge in [0.05, 0.1) is 18.8 Å². The Balaban J connectivity index is 1.94. The second-order valence-corrected chi connectivity index (χ2v) is 13.3. The van der Waals surface area contributed by atoms with Gasteiger partial charge in [0.15, 0.2) is 5.79 Å². The van der Waals surface area contributed by atoms with Gasteiger partial charge in [-0.3, -0.25) is 4.79 Å². The standard InChI is InChI=1S/C36H71NO4/c1-5-7-9-10-11-12-13-14-15-16-17-18-19-20-21-22-23-24-25-26-28-30-34(39)37-32(31-38)35-33(29-27-8-6-2)40-36(3,4)41-35/h32-33,35,38H,5-31H2,1-4H3,(H,37,39)/t32-,33+,35-/m0/s1. The van der Waals surface area contributed by atoms with Gasteiger partial charge in [-0.2, -0.15) is 0 Å². The molecule has 0 aromatic rings. The van der Waals surface area contributed by atoms with E-state index in [0.29, 0.717) is 6.42 Å². The molecule has 1 saturated heterocycles. The molecule has 2 N–H and O–H groups in total. The summed E-state index contributed by atoms with van der Waals surface area (Å²) in [4.78, 5) is 12.6. The Hall–Kier alpha value is -0.650. The second-order valence-electron chi connectivity index (χ2n) is 13.3. The molecule has 1 aliphatic rings. The molecule has 0 radical (unpaired) electrons. The van der Waals surface area contributed by atoms with Gasteiger partial charge in [-0.15, -0.1) is 0 Å². The van der Waals surface area contributed by atoms with Gasteiger partial charge in [0.25, 0.3) is 0 Å². The van der Waals surface area contributed by atoms with E-state index in [1.165, 1.54) is 122 Å². The second kappa shape index (κ2) is 25.8. The predicted octanol–water partition coefficient (Wildman–Crippen LogP) is 10.2. The van der Waals surface area contributed by atoms with E-state index in [9.17, 15) is 9.90 Å². The van der Waals surface area contributed by atoms with Crippen LogP contribution in [0, 0.1) is 0 Å². The molecule has 0 aromatic heterocycles. The molecule has 0 spiro atoms. The molecule has 0 aromatic carbocycles. The van der Waals surface area contributed by atoms with Crippen molar-refractivity contribution in [3.8, 4) is 0 Å². The molecule has 3 atom stereocenters. The summed E-state index contributed by atoms with van der Waals surface area (Å²) in [5, 5.41) is 13.0. The zero-order valence-corrected chi connectivity index (χ0v) is 28.0. The third kappa shape index (κ3) is 20.8. The van der Waals surface area contributed by atoms with Crippen LogP contribution in [0.4, 0.5) is 0 Å². The normalized spacial score (nSPS) is 19.0. The van der Waals surface area contributed by atoms with Crippen molar-refractivity contribution in [1.82, 2.24) is 5.32 Å². The largest absolute Gasteiger partial charge is 0.394 e. The van der Waals surface area contributed by atoms with E-state index < -0.39 is 11.8 Å². The number of hydrogen-bond acceptors (Lipinski definition) is 4. The maximum atomic E-state index is 12.6. The van der Waals surface area contributed by atoms with Gasteiger partial charge in [-0.05, 0) is 26.7 Å². The molecule has 1 rings (SSSR count). The number of rotatable bonds is 29. The van der Waals surface area contributed by atoms with Gasteiger partial charge >= 0.3 is 0 Å². The van der Waals surface area contributed by atoms with Crippen LogP contribution in [-0.2, 0) is 14.3 Å². The first-order valence-corrected chi connectivity index (χ1v) is 18.2. The molecule has 5 nitrogen and oxygen atoms in total. The number of unbranched alkanes of at least 4 members (excludes halogenated alkanes) is 22. The van der Waals surface area contributed by atoms with Crippen LogP contribution in [0.5, 0.6) is 0 Å². The summed E-state index contributed by atoms with van der Waals surface area (Å²) in [6, 6.07) is -0.411. The average molecular weight is 582 g/mol. The van der Waals surface area contributed by atoms with Crippen molar-refractivity contribution in [2.75, 3.05) is 6.61 Å². The third-order valence-electron chi connectivity index (χ3n) is 8.76. The van der Waals surface area contributed by atoms with Crippen molar-refractivity contribution in [1.29, 1.82) is 0 Å². The fourth-order valence-corrected chi connectivity index (χ4v) is 6.25. The molecular formula is C36H71NO4. The Morgan fingerprint density at radius 1 is 0.634 bits per heavy atom. The smallest absolute Gasteiger partial charge is 0.220 e. The summed E-state index contributed by atoms with van der Waals surface area (Å²) < 4.78 is 12.2. The SMILES string of the molecule is CCCCCCCCCCCCCCCCCCCCCCCC(=O)N[C@@H](CO)[C@@H]1OC(C)(C)O[C@@H]1CCCCC. The lowest BCUT2D eigenvalue weighted by Gasteiger charge is -2.26. The van der Waals surface area contributed by atoms with Crippen molar-refractivity contribution in [3.63, 3.8) is 0 Å². The van der Waals surface area contributed by atoms with E-state index in [2.05, 4.69) is 19.2 Å². The number of ether oxygens (including phenoxy) is 2. The molecule has 0 bridgehead atoms. The molecule has 5 heteroatoms. The Bertz CT molecular complexity index is 596. The summed E-state index contributed by atoms with van der Waals surface area (Å²) in [6.07, 6.45) is 33.0. The van der Waals surface area contributed by atoms with Crippen molar-refractivity contribution in [3.05, 3.63) is 0 Å². The van der Waals surface area contributed by atoms with Crippen LogP contribution in [0.2, 0.25) is 0 Å². The van der Waals surface area contributed by atoms with E-state index in [1.54, 1.807) is 0 Å². The molecular weight excluding hydrogens is 510 g/mol. The van der Waals surface area contributed by atoms with Crippen molar-refractivity contribution in [2.45, 2.75) is 219 Å². The molecule has 41 heavy (non-hydrogen) atoms. The summed E-state index contributed by atoms with van der Waals surface area (Å²) >= 11 is 0. The molecule has 244 valence electrons. The highest BCUT2D eigenvalue weighted by molar-refractivity contribution is 5.76. The van der Waals surface area contributed by atoms with Gasteiger partial charge in [-0.25, -0.2) is 0 Å². The Morgan fingerprint density at radius 3 is 1.44 bits per heavy atom. The molecule has 0 aliphatic carbocycles. The van der Waals surface area contributed by atoms with Crippen molar-refractivity contribution < 1.29 is 19.4 Å². The quantitative estimate of drug-likeness (QED) is 0.0862. The first kappa shape index (κ1) is 38.4. The Labute approximate surface area is 255 Å². The number of hydrogen-bond donors (Lipinski definition) is 2. The summed E-state index contributed by atoms with van der Waals surface area (Å²) in [7, 11) is 0. The topological polar surface area (TPSA) is 67.8 Å². The molecule has 1 aliphatic heterocycles. The molecule has 1 amide bonds. The van der Waals surface area contributed by atoms with Crippen LogP contribution in [0.15, 0.2) is 0 Å².